The molecule has 3 aromatic carbocycles. The number of rotatable bonds is 9. The number of anilines is 1. The molecule has 0 atom stereocenters. The summed E-state index contributed by atoms with van der Waals surface area (Å²) in [6.07, 6.45) is 1.71. The van der Waals surface area contributed by atoms with Crippen molar-refractivity contribution in [1.29, 1.82) is 0 Å². The summed E-state index contributed by atoms with van der Waals surface area (Å²) in [5.41, 5.74) is 4.35. The van der Waals surface area contributed by atoms with Crippen LogP contribution in [-0.4, -0.2) is 44.7 Å². The molecule has 1 saturated heterocycles. The number of benzene rings is 3. The molecule has 0 aliphatic carbocycles. The van der Waals surface area contributed by atoms with Crippen molar-refractivity contribution >= 4 is 51.2 Å². The van der Waals surface area contributed by atoms with E-state index in [4.69, 9.17) is 16.3 Å². The minimum absolute atomic E-state index is 0.0704. The minimum atomic E-state index is -4.03. The summed E-state index contributed by atoms with van der Waals surface area (Å²) >= 11 is 7.93. The summed E-state index contributed by atoms with van der Waals surface area (Å²) in [5.74, 6) is 2.09. The number of halogens is 1. The Morgan fingerprint density at radius 3 is 2.57 bits per heavy atom. The third-order valence-corrected chi connectivity index (χ3v) is 8.40. The standard InChI is InChI=1S/C25H24ClN3O4S2/c1-18-8-10-24(11-9-18)35(31,32)29(21-6-3-5-20(26)13-21)15-25(30)28-27-14-19-4-2-7-22(12-19)33-23-16-34-17-23/h2-14,23H,15-17H2,1H3,(H,28,30)/b27-14-. The highest BCUT2D eigenvalue weighted by molar-refractivity contribution is 8.00. The number of hydrogen-bond acceptors (Lipinski definition) is 6. The summed E-state index contributed by atoms with van der Waals surface area (Å²) in [5, 5.41) is 4.35. The van der Waals surface area contributed by atoms with Crippen molar-refractivity contribution in [2.24, 2.45) is 5.10 Å². The molecular formula is C25H24ClN3O4S2. The van der Waals surface area contributed by atoms with Gasteiger partial charge in [-0.15, -0.1) is 0 Å². The molecule has 4 rings (SSSR count). The molecule has 10 heteroatoms. The molecule has 1 amide bonds. The van der Waals surface area contributed by atoms with Gasteiger partial charge in [-0.25, -0.2) is 13.8 Å². The average molecular weight is 530 g/mol. The number of hydrogen-bond donors (Lipinski definition) is 1. The lowest BCUT2D eigenvalue weighted by atomic mass is 10.2. The van der Waals surface area contributed by atoms with Gasteiger partial charge in [0.05, 0.1) is 16.8 Å². The van der Waals surface area contributed by atoms with E-state index in [0.717, 1.165) is 32.7 Å². The SMILES string of the molecule is Cc1ccc(S(=O)(=O)N(CC(=O)N/N=C\c2cccc(OC3CSC3)c2)c2cccc(Cl)c2)cc1. The number of hydrazone groups is 1. The normalized spacial score (nSPS) is 13.9. The van der Waals surface area contributed by atoms with Crippen LogP contribution in [0.15, 0.2) is 82.8 Å². The zero-order valence-corrected chi connectivity index (χ0v) is 21.3. The van der Waals surface area contributed by atoms with Gasteiger partial charge in [-0.3, -0.25) is 9.10 Å². The van der Waals surface area contributed by atoms with Crippen LogP contribution in [0.25, 0.3) is 0 Å². The molecule has 1 N–H and O–H groups in total. The maximum atomic E-state index is 13.4. The van der Waals surface area contributed by atoms with Crippen molar-refractivity contribution in [1.82, 2.24) is 5.43 Å². The third kappa shape index (κ3) is 6.56. The first-order valence-electron chi connectivity index (χ1n) is 10.8. The van der Waals surface area contributed by atoms with Crippen molar-refractivity contribution in [3.63, 3.8) is 0 Å². The van der Waals surface area contributed by atoms with E-state index in [0.29, 0.717) is 5.02 Å². The molecule has 0 aromatic heterocycles. The second kappa shape index (κ2) is 11.2. The van der Waals surface area contributed by atoms with Gasteiger partial charge in [0, 0.05) is 16.5 Å². The van der Waals surface area contributed by atoms with Crippen molar-refractivity contribution in [2.75, 3.05) is 22.4 Å². The first-order valence-corrected chi connectivity index (χ1v) is 13.8. The maximum absolute atomic E-state index is 13.4. The lowest BCUT2D eigenvalue weighted by Gasteiger charge is -2.25. The number of thioether (sulfide) groups is 1. The van der Waals surface area contributed by atoms with Crippen molar-refractivity contribution in [2.45, 2.75) is 17.9 Å². The predicted octanol–water partition coefficient (Wildman–Crippen LogP) is 4.49. The number of amides is 1. The van der Waals surface area contributed by atoms with Crippen LogP contribution in [-0.2, 0) is 14.8 Å². The number of carbonyl (C=O) groups excluding carboxylic acids is 1. The molecule has 182 valence electrons. The number of ether oxygens (including phenoxy) is 1. The monoisotopic (exact) mass is 529 g/mol. The van der Waals surface area contributed by atoms with Crippen LogP contribution < -0.4 is 14.5 Å². The average Bonchev–Trinajstić information content (AvgIpc) is 2.80. The van der Waals surface area contributed by atoms with Crippen LogP contribution in [0.5, 0.6) is 5.75 Å². The molecule has 1 aliphatic heterocycles. The second-order valence-electron chi connectivity index (χ2n) is 7.95. The lowest BCUT2D eigenvalue weighted by Crippen LogP contribution is -2.39. The van der Waals surface area contributed by atoms with Crippen molar-refractivity contribution in [3.8, 4) is 5.75 Å². The Hall–Kier alpha value is -3.01. The number of nitrogens with zero attached hydrogens (tertiary/aromatic N) is 2. The van der Waals surface area contributed by atoms with Crippen LogP contribution in [0.3, 0.4) is 0 Å². The maximum Gasteiger partial charge on any atom is 0.264 e. The van der Waals surface area contributed by atoms with Gasteiger partial charge in [0.1, 0.15) is 18.4 Å². The van der Waals surface area contributed by atoms with Crippen LogP contribution in [0.2, 0.25) is 5.02 Å². The van der Waals surface area contributed by atoms with Crippen LogP contribution in [0.1, 0.15) is 11.1 Å². The Morgan fingerprint density at radius 2 is 1.89 bits per heavy atom. The van der Waals surface area contributed by atoms with E-state index in [1.165, 1.54) is 24.4 Å². The Balaban J connectivity index is 1.48. The van der Waals surface area contributed by atoms with E-state index in [9.17, 15) is 13.2 Å². The van der Waals surface area contributed by atoms with Crippen LogP contribution >= 0.6 is 23.4 Å². The number of carbonyl (C=O) groups is 1. The summed E-state index contributed by atoms with van der Waals surface area (Å²) in [6, 6.07) is 20.1. The van der Waals surface area contributed by atoms with E-state index in [-0.39, 0.29) is 16.7 Å². The third-order valence-electron chi connectivity index (χ3n) is 5.16. The van der Waals surface area contributed by atoms with Gasteiger partial charge >= 0.3 is 0 Å². The molecule has 35 heavy (non-hydrogen) atoms. The molecule has 0 unspecified atom stereocenters. The fraction of sp³-hybridized carbons (Fsp3) is 0.200. The van der Waals surface area contributed by atoms with E-state index in [1.54, 1.807) is 30.3 Å². The summed E-state index contributed by atoms with van der Waals surface area (Å²) in [6.45, 7) is 1.39. The molecule has 1 heterocycles. The van der Waals surface area contributed by atoms with E-state index in [2.05, 4.69) is 10.5 Å². The molecule has 0 saturated carbocycles. The first-order chi connectivity index (χ1) is 16.8. The Labute approximate surface area is 214 Å². The van der Waals surface area contributed by atoms with Crippen molar-refractivity contribution in [3.05, 3.63) is 88.9 Å². The van der Waals surface area contributed by atoms with Gasteiger partial charge in [-0.2, -0.15) is 16.9 Å². The number of aryl methyl sites for hydroxylation is 1. The fourth-order valence-corrected chi connectivity index (χ4v) is 5.43. The molecule has 0 spiro atoms. The highest BCUT2D eigenvalue weighted by Gasteiger charge is 2.27. The predicted molar refractivity (Wildman–Crippen MR) is 141 cm³/mol. The zero-order valence-electron chi connectivity index (χ0n) is 18.9. The minimum Gasteiger partial charge on any atom is -0.489 e. The van der Waals surface area contributed by atoms with Gasteiger partial charge in [0.2, 0.25) is 0 Å². The van der Waals surface area contributed by atoms with Gasteiger partial charge in [0.25, 0.3) is 15.9 Å². The van der Waals surface area contributed by atoms with Crippen LogP contribution in [0, 0.1) is 6.92 Å². The largest absolute Gasteiger partial charge is 0.489 e. The first kappa shape index (κ1) is 25.1. The van der Waals surface area contributed by atoms with Crippen LogP contribution in [0.4, 0.5) is 5.69 Å². The molecule has 1 aliphatic rings. The van der Waals surface area contributed by atoms with Gasteiger partial charge < -0.3 is 4.74 Å². The number of sulfonamides is 1. The molecule has 0 bridgehead atoms. The number of nitrogens with one attached hydrogen (secondary N) is 1. The quantitative estimate of drug-likeness (QED) is 0.326. The molecule has 1 fully saturated rings. The highest BCUT2D eigenvalue weighted by atomic mass is 35.5. The fourth-order valence-electron chi connectivity index (χ4n) is 3.27. The smallest absolute Gasteiger partial charge is 0.264 e. The molecule has 7 nitrogen and oxygen atoms in total. The molecule has 0 radical (unpaired) electrons. The summed E-state index contributed by atoms with van der Waals surface area (Å²) < 4.78 is 33.7. The summed E-state index contributed by atoms with van der Waals surface area (Å²) in [4.78, 5) is 12.8. The molecular weight excluding hydrogens is 506 g/mol. The van der Waals surface area contributed by atoms with Crippen molar-refractivity contribution < 1.29 is 17.9 Å². The highest BCUT2D eigenvalue weighted by Crippen LogP contribution is 2.26. The Kier molecular flexibility index (Phi) is 8.00. The topological polar surface area (TPSA) is 88.1 Å². The Bertz CT molecular complexity index is 1330. The van der Waals surface area contributed by atoms with E-state index in [1.807, 2.05) is 43.0 Å². The van der Waals surface area contributed by atoms with Gasteiger partial charge in [-0.05, 0) is 55.0 Å². The van der Waals surface area contributed by atoms with Gasteiger partial charge in [-0.1, -0.05) is 47.5 Å². The molecule has 3 aromatic rings. The van der Waals surface area contributed by atoms with E-state index >= 15 is 0 Å². The summed E-state index contributed by atoms with van der Waals surface area (Å²) in [7, 11) is -4.03. The lowest BCUT2D eigenvalue weighted by molar-refractivity contribution is -0.119. The second-order valence-corrected chi connectivity index (χ2v) is 11.3. The van der Waals surface area contributed by atoms with Gasteiger partial charge in [0.15, 0.2) is 0 Å². The Morgan fingerprint density at radius 1 is 1.14 bits per heavy atom. The zero-order chi connectivity index (χ0) is 24.8. The van der Waals surface area contributed by atoms with E-state index < -0.39 is 22.5 Å².